The zero-order valence-corrected chi connectivity index (χ0v) is 16.4. The van der Waals surface area contributed by atoms with Crippen molar-refractivity contribution in [3.63, 3.8) is 0 Å². The van der Waals surface area contributed by atoms with Gasteiger partial charge in [0.15, 0.2) is 0 Å². The number of ether oxygens (including phenoxy) is 1. The number of nitrogens with zero attached hydrogens (tertiary/aromatic N) is 1. The minimum atomic E-state index is -3.63. The SMILES string of the molecule is CC(=O)N1CCCc2cc(S(=O)(=O)NCCOc3ccccc3C)ccc21. The van der Waals surface area contributed by atoms with Crippen LogP contribution in [0.15, 0.2) is 47.4 Å². The first-order valence-electron chi connectivity index (χ1n) is 8.97. The van der Waals surface area contributed by atoms with Crippen LogP contribution in [-0.4, -0.2) is 34.0 Å². The van der Waals surface area contributed by atoms with E-state index in [1.807, 2.05) is 31.2 Å². The maximum absolute atomic E-state index is 12.6. The van der Waals surface area contributed by atoms with Gasteiger partial charge in [0.25, 0.3) is 0 Å². The minimum Gasteiger partial charge on any atom is -0.492 e. The third-order valence-electron chi connectivity index (χ3n) is 4.61. The summed E-state index contributed by atoms with van der Waals surface area (Å²) in [6.45, 7) is 4.55. The van der Waals surface area contributed by atoms with Crippen molar-refractivity contribution in [1.29, 1.82) is 0 Å². The highest BCUT2D eigenvalue weighted by Crippen LogP contribution is 2.29. The Morgan fingerprint density at radius 1 is 1.22 bits per heavy atom. The van der Waals surface area contributed by atoms with Crippen LogP contribution >= 0.6 is 0 Å². The van der Waals surface area contributed by atoms with Crippen LogP contribution in [-0.2, 0) is 21.2 Å². The Labute approximate surface area is 160 Å². The molecule has 1 amide bonds. The van der Waals surface area contributed by atoms with Gasteiger partial charge < -0.3 is 9.64 Å². The molecule has 0 fully saturated rings. The molecular weight excluding hydrogens is 364 g/mol. The van der Waals surface area contributed by atoms with Gasteiger partial charge in [-0.15, -0.1) is 0 Å². The molecule has 0 aromatic heterocycles. The molecule has 1 N–H and O–H groups in total. The van der Waals surface area contributed by atoms with Gasteiger partial charge >= 0.3 is 0 Å². The fraction of sp³-hybridized carbons (Fsp3) is 0.350. The summed E-state index contributed by atoms with van der Waals surface area (Å²) in [5.74, 6) is 0.716. The number of rotatable bonds is 6. The van der Waals surface area contributed by atoms with Gasteiger partial charge in [0.2, 0.25) is 15.9 Å². The number of carbonyl (C=O) groups is 1. The van der Waals surface area contributed by atoms with Crippen molar-refractivity contribution in [3.8, 4) is 5.75 Å². The quantitative estimate of drug-likeness (QED) is 0.772. The highest BCUT2D eigenvalue weighted by Gasteiger charge is 2.22. The van der Waals surface area contributed by atoms with Crippen molar-refractivity contribution in [3.05, 3.63) is 53.6 Å². The number of fused-ring (bicyclic) bond motifs is 1. The summed E-state index contributed by atoms with van der Waals surface area (Å²) in [5, 5.41) is 0. The average molecular weight is 388 g/mol. The first kappa shape index (κ1) is 19.4. The van der Waals surface area contributed by atoms with Gasteiger partial charge in [-0.3, -0.25) is 4.79 Å². The fourth-order valence-corrected chi connectivity index (χ4v) is 4.27. The van der Waals surface area contributed by atoms with Crippen LogP contribution < -0.4 is 14.4 Å². The average Bonchev–Trinajstić information content (AvgIpc) is 2.65. The summed E-state index contributed by atoms with van der Waals surface area (Å²) < 4.78 is 33.3. The lowest BCUT2D eigenvalue weighted by Crippen LogP contribution is -2.34. The van der Waals surface area contributed by atoms with Gasteiger partial charge in [0.05, 0.1) is 4.90 Å². The molecule has 0 saturated heterocycles. The summed E-state index contributed by atoms with van der Waals surface area (Å²) in [6.07, 6.45) is 1.59. The smallest absolute Gasteiger partial charge is 0.240 e. The van der Waals surface area contributed by atoms with E-state index in [-0.39, 0.29) is 24.0 Å². The number of para-hydroxylation sites is 1. The Bertz CT molecular complexity index is 941. The molecule has 1 aliphatic rings. The van der Waals surface area contributed by atoms with E-state index in [0.717, 1.165) is 35.4 Å². The molecule has 3 rings (SSSR count). The number of hydrogen-bond donors (Lipinski definition) is 1. The predicted octanol–water partition coefficient (Wildman–Crippen LogP) is 2.65. The molecule has 144 valence electrons. The topological polar surface area (TPSA) is 75.7 Å². The molecule has 6 nitrogen and oxygen atoms in total. The Hall–Kier alpha value is -2.38. The van der Waals surface area contributed by atoms with Crippen LogP contribution in [0.3, 0.4) is 0 Å². The summed E-state index contributed by atoms with van der Waals surface area (Å²) in [7, 11) is -3.63. The van der Waals surface area contributed by atoms with Crippen LogP contribution in [0, 0.1) is 6.92 Å². The predicted molar refractivity (Wildman–Crippen MR) is 105 cm³/mol. The monoisotopic (exact) mass is 388 g/mol. The first-order valence-corrected chi connectivity index (χ1v) is 10.5. The second kappa shape index (κ2) is 8.10. The van der Waals surface area contributed by atoms with Crippen LogP contribution in [0.25, 0.3) is 0 Å². The lowest BCUT2D eigenvalue weighted by Gasteiger charge is -2.28. The highest BCUT2D eigenvalue weighted by atomic mass is 32.2. The van der Waals surface area contributed by atoms with Crippen molar-refractivity contribution in [2.75, 3.05) is 24.6 Å². The largest absolute Gasteiger partial charge is 0.492 e. The second-order valence-corrected chi connectivity index (χ2v) is 8.34. The van der Waals surface area contributed by atoms with Gasteiger partial charge in [-0.2, -0.15) is 0 Å². The summed E-state index contributed by atoms with van der Waals surface area (Å²) in [4.78, 5) is 13.6. The highest BCUT2D eigenvalue weighted by molar-refractivity contribution is 7.89. The van der Waals surface area contributed by atoms with E-state index in [1.54, 1.807) is 23.1 Å². The number of nitrogens with one attached hydrogen (secondary N) is 1. The number of sulfonamides is 1. The van der Waals surface area contributed by atoms with Gasteiger partial charge in [0.1, 0.15) is 12.4 Å². The Balaban J connectivity index is 1.65. The molecule has 0 radical (unpaired) electrons. The maximum atomic E-state index is 12.6. The number of anilines is 1. The molecule has 1 aliphatic heterocycles. The normalized spacial score (nSPS) is 13.9. The van der Waals surface area contributed by atoms with Crippen molar-refractivity contribution in [1.82, 2.24) is 4.72 Å². The van der Waals surface area contributed by atoms with E-state index >= 15 is 0 Å². The second-order valence-electron chi connectivity index (χ2n) is 6.58. The maximum Gasteiger partial charge on any atom is 0.240 e. The van der Waals surface area contributed by atoms with E-state index in [2.05, 4.69) is 4.72 Å². The Morgan fingerprint density at radius 3 is 2.74 bits per heavy atom. The third-order valence-corrected chi connectivity index (χ3v) is 6.06. The number of aryl methyl sites for hydroxylation is 2. The van der Waals surface area contributed by atoms with Crippen LogP contribution in [0.5, 0.6) is 5.75 Å². The number of amides is 1. The van der Waals surface area contributed by atoms with Gasteiger partial charge in [-0.05, 0) is 55.2 Å². The zero-order valence-electron chi connectivity index (χ0n) is 15.6. The van der Waals surface area contributed by atoms with E-state index in [4.69, 9.17) is 4.74 Å². The fourth-order valence-electron chi connectivity index (χ4n) is 3.21. The standard InChI is InChI=1S/C20H24N2O4S/c1-15-6-3-4-8-20(15)26-13-11-21-27(24,25)18-9-10-19-17(14-18)7-5-12-22(19)16(2)23/h3-4,6,8-10,14,21H,5,7,11-13H2,1-2H3. The molecule has 0 spiro atoms. The molecule has 2 aromatic rings. The number of benzene rings is 2. The van der Waals surface area contributed by atoms with Crippen molar-refractivity contribution < 1.29 is 17.9 Å². The summed E-state index contributed by atoms with van der Waals surface area (Å²) >= 11 is 0. The summed E-state index contributed by atoms with van der Waals surface area (Å²) in [6, 6.07) is 12.5. The van der Waals surface area contributed by atoms with Gasteiger partial charge in [-0.25, -0.2) is 13.1 Å². The van der Waals surface area contributed by atoms with Crippen molar-refractivity contribution in [2.45, 2.75) is 31.6 Å². The van der Waals surface area contributed by atoms with Crippen molar-refractivity contribution in [2.24, 2.45) is 0 Å². The van der Waals surface area contributed by atoms with Crippen LogP contribution in [0.1, 0.15) is 24.5 Å². The van der Waals surface area contributed by atoms with Crippen LogP contribution in [0.2, 0.25) is 0 Å². The van der Waals surface area contributed by atoms with E-state index in [1.165, 1.54) is 6.92 Å². The number of hydrogen-bond acceptors (Lipinski definition) is 4. The third kappa shape index (κ3) is 4.48. The van der Waals surface area contributed by atoms with Crippen LogP contribution in [0.4, 0.5) is 5.69 Å². The molecular formula is C20H24N2O4S. The molecule has 0 atom stereocenters. The number of carbonyl (C=O) groups excluding carboxylic acids is 1. The molecule has 1 heterocycles. The molecule has 27 heavy (non-hydrogen) atoms. The zero-order chi connectivity index (χ0) is 19.4. The van der Waals surface area contributed by atoms with Gasteiger partial charge in [-0.1, -0.05) is 18.2 Å². The molecule has 2 aromatic carbocycles. The first-order chi connectivity index (χ1) is 12.9. The lowest BCUT2D eigenvalue weighted by molar-refractivity contribution is -0.116. The van der Waals surface area contributed by atoms with E-state index < -0.39 is 10.0 Å². The molecule has 0 aliphatic carbocycles. The Kier molecular flexibility index (Phi) is 5.82. The minimum absolute atomic E-state index is 0.0296. The molecule has 7 heteroatoms. The van der Waals surface area contributed by atoms with E-state index in [0.29, 0.717) is 6.54 Å². The Morgan fingerprint density at radius 2 is 2.00 bits per heavy atom. The molecule has 0 unspecified atom stereocenters. The van der Waals surface area contributed by atoms with E-state index in [9.17, 15) is 13.2 Å². The van der Waals surface area contributed by atoms with Crippen molar-refractivity contribution >= 4 is 21.6 Å². The molecule has 0 bridgehead atoms. The molecule has 0 saturated carbocycles. The lowest BCUT2D eigenvalue weighted by atomic mass is 10.0. The summed E-state index contributed by atoms with van der Waals surface area (Å²) in [5.41, 5.74) is 2.69. The van der Waals surface area contributed by atoms with Gasteiger partial charge in [0, 0.05) is 25.7 Å².